The monoisotopic (exact) mass is 395 g/mol. The summed E-state index contributed by atoms with van der Waals surface area (Å²) in [5.74, 6) is -1.12. The van der Waals surface area contributed by atoms with E-state index in [1.807, 2.05) is 6.92 Å². The number of hydrogen-bond donors (Lipinski definition) is 0. The summed E-state index contributed by atoms with van der Waals surface area (Å²) in [6, 6.07) is 10.6. The maximum atomic E-state index is 12.7. The van der Waals surface area contributed by atoms with E-state index in [0.717, 1.165) is 17.7 Å². The Hall–Kier alpha value is -2.61. The quantitative estimate of drug-likeness (QED) is 0.782. The molecule has 1 amide bonds. The molecule has 1 heterocycles. The van der Waals surface area contributed by atoms with Gasteiger partial charge < -0.3 is 0 Å². The average molecular weight is 395 g/mol. The molecule has 1 unspecified atom stereocenters. The number of rotatable bonds is 3. The van der Waals surface area contributed by atoms with Crippen LogP contribution in [0.25, 0.3) is 0 Å². The van der Waals surface area contributed by atoms with E-state index in [0.29, 0.717) is 9.87 Å². The summed E-state index contributed by atoms with van der Waals surface area (Å²) < 4.78 is 63.9. The predicted octanol–water partition coefficient (Wildman–Crippen LogP) is 4.23. The summed E-state index contributed by atoms with van der Waals surface area (Å²) in [6.07, 6.45) is -1.90. The van der Waals surface area contributed by atoms with Gasteiger partial charge in [-0.3, -0.25) is 4.79 Å². The van der Waals surface area contributed by atoms with Crippen LogP contribution in [0.3, 0.4) is 0 Å². The third-order valence-electron chi connectivity index (χ3n) is 4.34. The summed E-state index contributed by atoms with van der Waals surface area (Å²) in [5, 5.41) is 0. The second-order valence-electron chi connectivity index (χ2n) is 6.28. The van der Waals surface area contributed by atoms with Crippen molar-refractivity contribution in [2.75, 3.05) is 0 Å². The summed E-state index contributed by atoms with van der Waals surface area (Å²) >= 11 is 0. The number of nitrogens with zero attached hydrogens (tertiary/aromatic N) is 1. The fourth-order valence-electron chi connectivity index (χ4n) is 2.80. The molecule has 1 atom stereocenters. The van der Waals surface area contributed by atoms with Crippen LogP contribution in [-0.2, 0) is 21.0 Å². The Morgan fingerprint density at radius 3 is 2.11 bits per heavy atom. The molecule has 0 saturated heterocycles. The Morgan fingerprint density at radius 2 is 1.59 bits per heavy atom. The first-order chi connectivity index (χ1) is 12.6. The summed E-state index contributed by atoms with van der Waals surface area (Å²) in [6.45, 7) is 1.82. The highest BCUT2D eigenvalue weighted by atomic mass is 32.2. The lowest BCUT2D eigenvalue weighted by Gasteiger charge is -2.26. The van der Waals surface area contributed by atoms with Crippen LogP contribution in [0.4, 0.5) is 13.2 Å². The SMILES string of the molecule is Cc1ccc(S(=O)(=O)N2C=CC(c3ccc(C(F)(F)F)cc3)CC2=O)cc1. The van der Waals surface area contributed by atoms with Gasteiger partial charge in [0.05, 0.1) is 10.5 Å². The van der Waals surface area contributed by atoms with E-state index < -0.39 is 33.6 Å². The summed E-state index contributed by atoms with van der Waals surface area (Å²) in [7, 11) is -4.01. The number of benzene rings is 2. The van der Waals surface area contributed by atoms with Crippen LogP contribution < -0.4 is 0 Å². The molecule has 3 rings (SSSR count). The lowest BCUT2D eigenvalue weighted by molar-refractivity contribution is -0.137. The highest BCUT2D eigenvalue weighted by molar-refractivity contribution is 7.89. The van der Waals surface area contributed by atoms with Gasteiger partial charge in [-0.15, -0.1) is 0 Å². The van der Waals surface area contributed by atoms with Crippen LogP contribution in [0.2, 0.25) is 0 Å². The highest BCUT2D eigenvalue weighted by Gasteiger charge is 2.33. The first-order valence-electron chi connectivity index (χ1n) is 8.08. The van der Waals surface area contributed by atoms with Crippen molar-refractivity contribution in [1.82, 2.24) is 4.31 Å². The number of aryl methyl sites for hydroxylation is 1. The average Bonchev–Trinajstić information content (AvgIpc) is 2.61. The van der Waals surface area contributed by atoms with Gasteiger partial charge in [0.25, 0.3) is 10.0 Å². The number of sulfonamides is 1. The number of allylic oxidation sites excluding steroid dienone is 1. The van der Waals surface area contributed by atoms with Gasteiger partial charge in [0, 0.05) is 18.5 Å². The van der Waals surface area contributed by atoms with Gasteiger partial charge in [-0.1, -0.05) is 35.9 Å². The zero-order valence-corrected chi connectivity index (χ0v) is 15.1. The minimum absolute atomic E-state index is 0.000852. The Balaban J connectivity index is 1.84. The molecule has 27 heavy (non-hydrogen) atoms. The molecule has 2 aromatic rings. The van der Waals surface area contributed by atoms with Gasteiger partial charge in [-0.25, -0.2) is 12.7 Å². The zero-order valence-electron chi connectivity index (χ0n) is 14.3. The van der Waals surface area contributed by atoms with E-state index in [-0.39, 0.29) is 11.3 Å². The van der Waals surface area contributed by atoms with Gasteiger partial charge in [-0.05, 0) is 36.8 Å². The van der Waals surface area contributed by atoms with Crippen LogP contribution in [0.15, 0.2) is 65.7 Å². The highest BCUT2D eigenvalue weighted by Crippen LogP contribution is 2.33. The molecular weight excluding hydrogens is 379 g/mol. The maximum Gasteiger partial charge on any atom is 0.416 e. The standard InChI is InChI=1S/C19H16F3NO3S/c1-13-2-8-17(9-3-13)27(25,26)23-11-10-15(12-18(23)24)14-4-6-16(7-5-14)19(20,21)22/h2-11,15H,12H2,1H3. The van der Waals surface area contributed by atoms with Gasteiger partial charge >= 0.3 is 6.18 Å². The lowest BCUT2D eigenvalue weighted by atomic mass is 9.93. The van der Waals surface area contributed by atoms with Crippen LogP contribution in [0, 0.1) is 6.92 Å². The first-order valence-corrected chi connectivity index (χ1v) is 9.52. The fraction of sp³-hybridized carbons (Fsp3) is 0.211. The summed E-state index contributed by atoms with van der Waals surface area (Å²) in [4.78, 5) is 12.4. The number of carbonyl (C=O) groups excluding carboxylic acids is 1. The van der Waals surface area contributed by atoms with Crippen molar-refractivity contribution in [3.05, 3.63) is 77.5 Å². The van der Waals surface area contributed by atoms with Crippen molar-refractivity contribution in [3.63, 3.8) is 0 Å². The molecule has 0 saturated carbocycles. The van der Waals surface area contributed by atoms with Crippen molar-refractivity contribution < 1.29 is 26.4 Å². The second kappa shape index (κ2) is 6.84. The number of amides is 1. The van der Waals surface area contributed by atoms with Crippen LogP contribution in [0.1, 0.15) is 29.0 Å². The van der Waals surface area contributed by atoms with E-state index in [4.69, 9.17) is 0 Å². The van der Waals surface area contributed by atoms with Crippen molar-refractivity contribution >= 4 is 15.9 Å². The second-order valence-corrected chi connectivity index (χ2v) is 8.09. The smallest absolute Gasteiger partial charge is 0.273 e. The molecule has 1 aliphatic heterocycles. The molecule has 0 fully saturated rings. The molecule has 1 aliphatic rings. The van der Waals surface area contributed by atoms with Gasteiger partial charge in [0.2, 0.25) is 5.91 Å². The Morgan fingerprint density at radius 1 is 1.00 bits per heavy atom. The van der Waals surface area contributed by atoms with E-state index >= 15 is 0 Å². The number of alkyl halides is 3. The van der Waals surface area contributed by atoms with Crippen molar-refractivity contribution in [1.29, 1.82) is 0 Å². The number of halogens is 3. The summed E-state index contributed by atoms with van der Waals surface area (Å²) in [5.41, 5.74) is 0.623. The minimum atomic E-state index is -4.43. The minimum Gasteiger partial charge on any atom is -0.273 e. The number of carbonyl (C=O) groups is 1. The van der Waals surface area contributed by atoms with Gasteiger partial charge in [-0.2, -0.15) is 13.2 Å². The Kier molecular flexibility index (Phi) is 4.86. The molecule has 4 nitrogen and oxygen atoms in total. The molecule has 0 radical (unpaired) electrons. The van der Waals surface area contributed by atoms with Crippen molar-refractivity contribution in [2.45, 2.75) is 30.3 Å². The normalized spacial score (nSPS) is 18.0. The molecule has 0 aliphatic carbocycles. The molecule has 0 aromatic heterocycles. The van der Waals surface area contributed by atoms with Crippen LogP contribution >= 0.6 is 0 Å². The molecule has 142 valence electrons. The van der Waals surface area contributed by atoms with Gasteiger partial charge in [0.15, 0.2) is 0 Å². The third kappa shape index (κ3) is 3.90. The lowest BCUT2D eigenvalue weighted by Crippen LogP contribution is -2.35. The Labute approximate surface area is 155 Å². The molecule has 2 aromatic carbocycles. The van der Waals surface area contributed by atoms with Crippen molar-refractivity contribution in [2.24, 2.45) is 0 Å². The van der Waals surface area contributed by atoms with Crippen molar-refractivity contribution in [3.8, 4) is 0 Å². The number of hydrogen-bond acceptors (Lipinski definition) is 3. The molecule has 0 spiro atoms. The molecule has 8 heteroatoms. The van der Waals surface area contributed by atoms with E-state index in [2.05, 4.69) is 0 Å². The first kappa shape index (κ1) is 19.2. The predicted molar refractivity (Wildman–Crippen MR) is 93.2 cm³/mol. The van der Waals surface area contributed by atoms with E-state index in [1.165, 1.54) is 36.5 Å². The Bertz CT molecular complexity index is 978. The molecule has 0 N–H and O–H groups in total. The van der Waals surface area contributed by atoms with E-state index in [1.54, 1.807) is 12.1 Å². The van der Waals surface area contributed by atoms with Crippen LogP contribution in [-0.4, -0.2) is 18.6 Å². The third-order valence-corrected chi connectivity index (χ3v) is 6.05. The topological polar surface area (TPSA) is 54.5 Å². The largest absolute Gasteiger partial charge is 0.416 e. The van der Waals surface area contributed by atoms with Crippen LogP contribution in [0.5, 0.6) is 0 Å². The zero-order chi connectivity index (χ0) is 19.8. The maximum absolute atomic E-state index is 12.7. The fourth-order valence-corrected chi connectivity index (χ4v) is 4.08. The molecule has 0 bridgehead atoms. The molecular formula is C19H16F3NO3S. The van der Waals surface area contributed by atoms with E-state index in [9.17, 15) is 26.4 Å². The van der Waals surface area contributed by atoms with Gasteiger partial charge in [0.1, 0.15) is 0 Å².